The molecule has 0 rings (SSSR count). The first-order valence-electron chi connectivity index (χ1n) is 4.33. The first kappa shape index (κ1) is 13.2. The maximum atomic E-state index is 11.7. The third-order valence-electron chi connectivity index (χ3n) is 1.95. The number of rotatable bonds is 4. The molecule has 0 aliphatic rings. The van der Waals surface area contributed by atoms with E-state index in [-0.39, 0.29) is 0 Å². The molecule has 0 aliphatic carbocycles. The van der Waals surface area contributed by atoms with Crippen molar-refractivity contribution in [3.05, 3.63) is 0 Å². The van der Waals surface area contributed by atoms with Gasteiger partial charge in [-0.3, -0.25) is 4.79 Å². The largest absolute Gasteiger partial charge is 0.390 e. The molecule has 1 atom stereocenters. The third-order valence-corrected chi connectivity index (χ3v) is 1.95. The molecule has 0 aliphatic heterocycles. The van der Waals surface area contributed by atoms with Crippen molar-refractivity contribution >= 4 is 5.91 Å². The highest BCUT2D eigenvalue weighted by Crippen LogP contribution is 2.18. The molecule has 3 nitrogen and oxygen atoms in total. The van der Waals surface area contributed by atoms with Gasteiger partial charge in [0.25, 0.3) is 0 Å². The van der Waals surface area contributed by atoms with Gasteiger partial charge in [-0.15, -0.1) is 0 Å². The van der Waals surface area contributed by atoms with E-state index >= 15 is 0 Å². The van der Waals surface area contributed by atoms with E-state index in [0.717, 1.165) is 0 Å². The summed E-state index contributed by atoms with van der Waals surface area (Å²) in [7, 11) is 0. The summed E-state index contributed by atoms with van der Waals surface area (Å²) in [5.41, 5.74) is 4.42. The Morgan fingerprint density at radius 2 is 1.93 bits per heavy atom. The number of alkyl halides is 3. The fourth-order valence-corrected chi connectivity index (χ4v) is 0.680. The van der Waals surface area contributed by atoms with Crippen molar-refractivity contribution in [1.82, 2.24) is 5.32 Å². The van der Waals surface area contributed by atoms with E-state index in [4.69, 9.17) is 5.73 Å². The Labute approximate surface area is 80.8 Å². The van der Waals surface area contributed by atoms with Crippen molar-refractivity contribution in [2.45, 2.75) is 38.4 Å². The van der Waals surface area contributed by atoms with Gasteiger partial charge in [0.15, 0.2) is 0 Å². The zero-order valence-electron chi connectivity index (χ0n) is 8.24. The molecule has 14 heavy (non-hydrogen) atoms. The van der Waals surface area contributed by atoms with Crippen LogP contribution in [0.4, 0.5) is 13.2 Å². The molecular weight excluding hydrogens is 197 g/mol. The van der Waals surface area contributed by atoms with Gasteiger partial charge in [-0.05, 0) is 13.3 Å². The molecule has 1 amide bonds. The van der Waals surface area contributed by atoms with Crippen molar-refractivity contribution in [2.75, 3.05) is 6.54 Å². The highest BCUT2D eigenvalue weighted by molar-refractivity contribution is 5.85. The number of carbonyl (C=O) groups is 1. The summed E-state index contributed by atoms with van der Waals surface area (Å²) in [6.07, 6.45) is -4.89. The van der Waals surface area contributed by atoms with Gasteiger partial charge in [-0.25, -0.2) is 0 Å². The number of carbonyl (C=O) groups excluding carboxylic acids is 1. The van der Waals surface area contributed by atoms with E-state index in [2.05, 4.69) is 5.32 Å². The minimum atomic E-state index is -4.25. The third kappa shape index (κ3) is 5.06. The Bertz CT molecular complexity index is 201. The van der Waals surface area contributed by atoms with Crippen LogP contribution in [0.3, 0.4) is 0 Å². The molecule has 0 heterocycles. The molecule has 0 fully saturated rings. The monoisotopic (exact) mass is 212 g/mol. The summed E-state index contributed by atoms with van der Waals surface area (Å²) in [5.74, 6) is -0.552. The molecule has 0 spiro atoms. The van der Waals surface area contributed by atoms with Gasteiger partial charge in [0.2, 0.25) is 5.91 Å². The average molecular weight is 212 g/mol. The molecule has 84 valence electrons. The Kier molecular flexibility index (Phi) is 4.38. The van der Waals surface area contributed by atoms with Gasteiger partial charge in [0.05, 0.1) is 12.0 Å². The molecule has 6 heteroatoms. The van der Waals surface area contributed by atoms with Gasteiger partial charge in [0, 0.05) is 6.54 Å². The number of nitrogens with two attached hydrogens (primary N) is 1. The summed E-state index contributed by atoms with van der Waals surface area (Å²) < 4.78 is 35.1. The fourth-order valence-electron chi connectivity index (χ4n) is 0.680. The lowest BCUT2D eigenvalue weighted by Gasteiger charge is -2.21. The van der Waals surface area contributed by atoms with Gasteiger partial charge in [0.1, 0.15) is 0 Å². The molecule has 0 radical (unpaired) electrons. The second-order valence-corrected chi connectivity index (χ2v) is 3.39. The Hall–Kier alpha value is -0.780. The number of halogens is 3. The van der Waals surface area contributed by atoms with Crippen molar-refractivity contribution in [1.29, 1.82) is 0 Å². The molecule has 0 bridgehead atoms. The number of hydrogen-bond donors (Lipinski definition) is 2. The Morgan fingerprint density at radius 1 is 1.43 bits per heavy atom. The highest BCUT2D eigenvalue weighted by Gasteiger charge is 2.29. The normalized spacial score (nSPS) is 16.1. The molecule has 0 saturated carbocycles. The van der Waals surface area contributed by atoms with Crippen molar-refractivity contribution < 1.29 is 18.0 Å². The van der Waals surface area contributed by atoms with E-state index < -0.39 is 30.6 Å². The van der Waals surface area contributed by atoms with E-state index in [0.29, 0.717) is 6.42 Å². The Balaban J connectivity index is 3.87. The zero-order valence-corrected chi connectivity index (χ0v) is 8.24. The minimum Gasteiger partial charge on any atom is -0.354 e. The van der Waals surface area contributed by atoms with Gasteiger partial charge < -0.3 is 11.1 Å². The van der Waals surface area contributed by atoms with Crippen LogP contribution < -0.4 is 11.1 Å². The van der Waals surface area contributed by atoms with Gasteiger partial charge in [-0.1, -0.05) is 6.92 Å². The highest BCUT2D eigenvalue weighted by atomic mass is 19.4. The molecule has 1 unspecified atom stereocenters. The first-order chi connectivity index (χ1) is 6.19. The fraction of sp³-hybridized carbons (Fsp3) is 0.875. The number of hydrogen-bond acceptors (Lipinski definition) is 2. The smallest absolute Gasteiger partial charge is 0.354 e. The SMILES string of the molecule is CCC(C)(N)C(=O)NCCC(F)(F)F. The van der Waals surface area contributed by atoms with Gasteiger partial charge >= 0.3 is 6.18 Å². The van der Waals surface area contributed by atoms with Crippen LogP contribution in [0.15, 0.2) is 0 Å². The van der Waals surface area contributed by atoms with Gasteiger partial charge in [-0.2, -0.15) is 13.2 Å². The number of amides is 1. The van der Waals surface area contributed by atoms with Crippen LogP contribution in [0.25, 0.3) is 0 Å². The summed E-state index contributed by atoms with van der Waals surface area (Å²) in [6, 6.07) is 0. The van der Waals surface area contributed by atoms with Crippen LogP contribution in [0, 0.1) is 0 Å². The predicted molar refractivity (Wildman–Crippen MR) is 46.6 cm³/mol. The lowest BCUT2D eigenvalue weighted by molar-refractivity contribution is -0.136. The zero-order chi connectivity index (χ0) is 11.4. The van der Waals surface area contributed by atoms with Crippen LogP contribution in [0.1, 0.15) is 26.7 Å². The van der Waals surface area contributed by atoms with Crippen molar-refractivity contribution in [3.8, 4) is 0 Å². The van der Waals surface area contributed by atoms with Crippen LogP contribution in [0.5, 0.6) is 0 Å². The lowest BCUT2D eigenvalue weighted by atomic mass is 10.00. The van der Waals surface area contributed by atoms with Crippen molar-refractivity contribution in [3.63, 3.8) is 0 Å². The first-order valence-corrected chi connectivity index (χ1v) is 4.33. The number of nitrogens with one attached hydrogen (secondary N) is 1. The van der Waals surface area contributed by atoms with E-state index in [1.54, 1.807) is 6.92 Å². The molecule has 0 aromatic carbocycles. The van der Waals surface area contributed by atoms with Crippen LogP contribution in [0.2, 0.25) is 0 Å². The quantitative estimate of drug-likeness (QED) is 0.735. The van der Waals surface area contributed by atoms with E-state index in [1.165, 1.54) is 6.92 Å². The maximum Gasteiger partial charge on any atom is 0.390 e. The van der Waals surface area contributed by atoms with Crippen molar-refractivity contribution in [2.24, 2.45) is 5.73 Å². The predicted octanol–water partition coefficient (Wildman–Crippen LogP) is 1.18. The van der Waals surface area contributed by atoms with Crippen LogP contribution in [-0.2, 0) is 4.79 Å². The molecule has 0 aromatic rings. The van der Waals surface area contributed by atoms with E-state index in [9.17, 15) is 18.0 Å². The topological polar surface area (TPSA) is 55.1 Å². The Morgan fingerprint density at radius 3 is 2.29 bits per heavy atom. The summed E-state index contributed by atoms with van der Waals surface area (Å²) in [6.45, 7) is 2.76. The summed E-state index contributed by atoms with van der Waals surface area (Å²) >= 11 is 0. The molecular formula is C8H15F3N2O. The summed E-state index contributed by atoms with van der Waals surface area (Å²) in [5, 5.41) is 2.15. The molecule has 0 aromatic heterocycles. The molecule has 0 saturated heterocycles. The second-order valence-electron chi connectivity index (χ2n) is 3.39. The standard InChI is InChI=1S/C8H15F3N2O/c1-3-7(2,12)6(14)13-5-4-8(9,10)11/h3-5,12H2,1-2H3,(H,13,14). The average Bonchev–Trinajstić information content (AvgIpc) is 2.02. The van der Waals surface area contributed by atoms with Crippen LogP contribution in [-0.4, -0.2) is 24.2 Å². The summed E-state index contributed by atoms with van der Waals surface area (Å²) in [4.78, 5) is 11.2. The molecule has 3 N–H and O–H groups in total. The lowest BCUT2D eigenvalue weighted by Crippen LogP contribution is -2.51. The maximum absolute atomic E-state index is 11.7. The van der Waals surface area contributed by atoms with E-state index in [1.807, 2.05) is 0 Å². The van der Waals surface area contributed by atoms with Crippen LogP contribution >= 0.6 is 0 Å². The second kappa shape index (κ2) is 4.63. The minimum absolute atomic E-state index is 0.380.